The fourth-order valence-electron chi connectivity index (χ4n) is 0.841. The number of aromatic nitrogens is 1. The maximum atomic E-state index is 11.4. The van der Waals surface area contributed by atoms with Gasteiger partial charge in [0.1, 0.15) is 0 Å². The van der Waals surface area contributed by atoms with Gasteiger partial charge in [-0.1, -0.05) is 6.92 Å². The van der Waals surface area contributed by atoms with Crippen LogP contribution in [0.1, 0.15) is 6.92 Å². The number of rotatable bonds is 6. The molecule has 0 amide bonds. The number of nitrogens with one attached hydrogen (secondary N) is 2. The minimum absolute atomic E-state index is 0.0699. The topological polar surface area (TPSA) is 71.1 Å². The van der Waals surface area contributed by atoms with E-state index in [1.807, 2.05) is 6.92 Å². The van der Waals surface area contributed by atoms with E-state index < -0.39 is 10.0 Å². The standard InChI is InChI=1S/C7H13N3O2S2/c1-2-8-4-6-14(11,12)10-7-9-3-5-13-7/h3,5,8H,2,4,6H2,1H3,(H,9,10). The summed E-state index contributed by atoms with van der Waals surface area (Å²) in [6.07, 6.45) is 1.56. The second-order valence-electron chi connectivity index (χ2n) is 2.61. The lowest BCUT2D eigenvalue weighted by Crippen LogP contribution is -2.26. The molecule has 0 radical (unpaired) electrons. The highest BCUT2D eigenvalue weighted by Gasteiger charge is 2.10. The minimum atomic E-state index is -3.24. The fraction of sp³-hybridized carbons (Fsp3) is 0.571. The maximum absolute atomic E-state index is 11.4. The van der Waals surface area contributed by atoms with Gasteiger partial charge in [-0.25, -0.2) is 13.4 Å². The number of anilines is 1. The van der Waals surface area contributed by atoms with E-state index >= 15 is 0 Å². The average molecular weight is 235 g/mol. The summed E-state index contributed by atoms with van der Waals surface area (Å²) in [6, 6.07) is 0. The second-order valence-corrected chi connectivity index (χ2v) is 5.35. The van der Waals surface area contributed by atoms with Gasteiger partial charge in [-0.3, -0.25) is 4.72 Å². The van der Waals surface area contributed by atoms with Gasteiger partial charge in [0.25, 0.3) is 0 Å². The lowest BCUT2D eigenvalue weighted by molar-refractivity contribution is 0.597. The molecule has 14 heavy (non-hydrogen) atoms. The second kappa shape index (κ2) is 5.28. The first kappa shape index (κ1) is 11.4. The molecular formula is C7H13N3O2S2. The maximum Gasteiger partial charge on any atom is 0.235 e. The molecule has 1 rings (SSSR count). The summed E-state index contributed by atoms with van der Waals surface area (Å²) < 4.78 is 25.2. The Morgan fingerprint density at radius 2 is 2.36 bits per heavy atom. The SMILES string of the molecule is CCNCCS(=O)(=O)Nc1nccs1. The zero-order chi connectivity index (χ0) is 10.4. The molecule has 0 atom stereocenters. The molecule has 0 aliphatic carbocycles. The number of hydrogen-bond acceptors (Lipinski definition) is 5. The zero-order valence-corrected chi connectivity index (χ0v) is 9.49. The molecule has 0 bridgehead atoms. The third-order valence-electron chi connectivity index (χ3n) is 1.47. The lowest BCUT2D eigenvalue weighted by Gasteiger charge is -2.04. The van der Waals surface area contributed by atoms with Crippen LogP contribution in [-0.4, -0.2) is 32.2 Å². The fourth-order valence-corrected chi connectivity index (χ4v) is 2.62. The summed E-state index contributed by atoms with van der Waals surface area (Å²) in [6.45, 7) is 3.16. The van der Waals surface area contributed by atoms with E-state index in [0.717, 1.165) is 6.54 Å². The molecule has 1 heterocycles. The molecular weight excluding hydrogens is 222 g/mol. The molecule has 1 aromatic heterocycles. The van der Waals surface area contributed by atoms with Crippen molar-refractivity contribution in [3.63, 3.8) is 0 Å². The van der Waals surface area contributed by atoms with Gasteiger partial charge in [-0.05, 0) is 6.54 Å². The van der Waals surface area contributed by atoms with E-state index in [1.165, 1.54) is 11.3 Å². The molecule has 5 nitrogen and oxygen atoms in total. The van der Waals surface area contributed by atoms with Gasteiger partial charge in [0, 0.05) is 18.1 Å². The van der Waals surface area contributed by atoms with E-state index in [0.29, 0.717) is 11.7 Å². The van der Waals surface area contributed by atoms with Crippen molar-refractivity contribution < 1.29 is 8.42 Å². The first-order chi connectivity index (χ1) is 6.64. The molecule has 0 unspecified atom stereocenters. The largest absolute Gasteiger partial charge is 0.316 e. The lowest BCUT2D eigenvalue weighted by atomic mass is 10.7. The Balaban J connectivity index is 2.42. The first-order valence-electron chi connectivity index (χ1n) is 4.25. The van der Waals surface area contributed by atoms with E-state index in [4.69, 9.17) is 0 Å². The van der Waals surface area contributed by atoms with Crippen LogP contribution in [0.5, 0.6) is 0 Å². The van der Waals surface area contributed by atoms with Crippen LogP contribution in [0, 0.1) is 0 Å². The van der Waals surface area contributed by atoms with Crippen molar-refractivity contribution in [3.05, 3.63) is 11.6 Å². The van der Waals surface area contributed by atoms with Crippen molar-refractivity contribution >= 4 is 26.5 Å². The van der Waals surface area contributed by atoms with Gasteiger partial charge >= 0.3 is 0 Å². The van der Waals surface area contributed by atoms with E-state index in [1.54, 1.807) is 11.6 Å². The Morgan fingerprint density at radius 1 is 1.57 bits per heavy atom. The summed E-state index contributed by atoms with van der Waals surface area (Å²) in [4.78, 5) is 3.84. The number of sulfonamides is 1. The molecule has 7 heteroatoms. The average Bonchev–Trinajstić information content (AvgIpc) is 2.56. The van der Waals surface area contributed by atoms with Crippen molar-refractivity contribution in [2.45, 2.75) is 6.92 Å². The normalized spacial score (nSPS) is 11.5. The molecule has 1 aromatic rings. The monoisotopic (exact) mass is 235 g/mol. The van der Waals surface area contributed by atoms with Crippen LogP contribution in [0.2, 0.25) is 0 Å². The molecule has 0 spiro atoms. The van der Waals surface area contributed by atoms with Crippen LogP contribution in [-0.2, 0) is 10.0 Å². The van der Waals surface area contributed by atoms with Crippen LogP contribution >= 0.6 is 11.3 Å². The summed E-state index contributed by atoms with van der Waals surface area (Å²) in [5.41, 5.74) is 0. The number of nitrogens with zero attached hydrogens (tertiary/aromatic N) is 1. The first-order valence-corrected chi connectivity index (χ1v) is 6.78. The smallest absolute Gasteiger partial charge is 0.235 e. The molecule has 0 fully saturated rings. The summed E-state index contributed by atoms with van der Waals surface area (Å²) in [5, 5.41) is 5.09. The van der Waals surface area contributed by atoms with Crippen molar-refractivity contribution in [1.82, 2.24) is 10.3 Å². The summed E-state index contributed by atoms with van der Waals surface area (Å²) in [7, 11) is -3.24. The molecule has 0 aliphatic rings. The van der Waals surface area contributed by atoms with Gasteiger partial charge < -0.3 is 5.32 Å². The molecule has 0 saturated heterocycles. The third-order valence-corrected chi connectivity index (χ3v) is 3.54. The van der Waals surface area contributed by atoms with Crippen LogP contribution < -0.4 is 10.0 Å². The Hall–Kier alpha value is -0.660. The highest BCUT2D eigenvalue weighted by atomic mass is 32.2. The summed E-state index contributed by atoms with van der Waals surface area (Å²) in [5.74, 6) is 0.0699. The Labute approximate surface area is 87.6 Å². The highest BCUT2D eigenvalue weighted by molar-refractivity contribution is 7.92. The van der Waals surface area contributed by atoms with Crippen molar-refractivity contribution in [3.8, 4) is 0 Å². The Bertz CT molecular complexity index is 347. The molecule has 80 valence electrons. The van der Waals surface area contributed by atoms with E-state index in [2.05, 4.69) is 15.0 Å². The Morgan fingerprint density at radius 3 is 2.93 bits per heavy atom. The van der Waals surface area contributed by atoms with Crippen LogP contribution in [0.25, 0.3) is 0 Å². The molecule has 0 aliphatic heterocycles. The number of thiazole rings is 1. The van der Waals surface area contributed by atoms with E-state index in [-0.39, 0.29) is 5.75 Å². The van der Waals surface area contributed by atoms with Gasteiger partial charge in [0.2, 0.25) is 10.0 Å². The zero-order valence-electron chi connectivity index (χ0n) is 7.86. The van der Waals surface area contributed by atoms with Gasteiger partial charge in [0.15, 0.2) is 5.13 Å². The van der Waals surface area contributed by atoms with Crippen molar-refractivity contribution in [2.75, 3.05) is 23.6 Å². The third kappa shape index (κ3) is 4.03. The molecule has 0 saturated carbocycles. The molecule has 2 N–H and O–H groups in total. The van der Waals surface area contributed by atoms with Crippen LogP contribution in [0.4, 0.5) is 5.13 Å². The minimum Gasteiger partial charge on any atom is -0.316 e. The Kier molecular flexibility index (Phi) is 4.30. The van der Waals surface area contributed by atoms with Gasteiger partial charge in [-0.15, -0.1) is 11.3 Å². The summed E-state index contributed by atoms with van der Waals surface area (Å²) >= 11 is 1.27. The predicted molar refractivity (Wildman–Crippen MR) is 58.1 cm³/mol. The van der Waals surface area contributed by atoms with Crippen LogP contribution in [0.15, 0.2) is 11.6 Å². The number of hydrogen-bond donors (Lipinski definition) is 2. The van der Waals surface area contributed by atoms with Crippen molar-refractivity contribution in [2.24, 2.45) is 0 Å². The van der Waals surface area contributed by atoms with Crippen LogP contribution in [0.3, 0.4) is 0 Å². The van der Waals surface area contributed by atoms with Gasteiger partial charge in [0.05, 0.1) is 5.75 Å². The van der Waals surface area contributed by atoms with E-state index in [9.17, 15) is 8.42 Å². The predicted octanol–water partition coefficient (Wildman–Crippen LogP) is 0.494. The molecule has 0 aromatic carbocycles. The highest BCUT2D eigenvalue weighted by Crippen LogP contribution is 2.11. The van der Waals surface area contributed by atoms with Crippen molar-refractivity contribution in [1.29, 1.82) is 0 Å². The van der Waals surface area contributed by atoms with Gasteiger partial charge in [-0.2, -0.15) is 0 Å². The quantitative estimate of drug-likeness (QED) is 0.704.